The molecule has 0 heterocycles. The smallest absolute Gasteiger partial charge is 1.00 e. The van der Waals surface area contributed by atoms with E-state index in [4.69, 9.17) is 5.73 Å². The average molecular weight is 221 g/mol. The van der Waals surface area contributed by atoms with E-state index in [0.29, 0.717) is 5.56 Å². The van der Waals surface area contributed by atoms with Gasteiger partial charge in [0.15, 0.2) is 0 Å². The van der Waals surface area contributed by atoms with E-state index in [9.17, 15) is 9.59 Å². The fourth-order valence-corrected chi connectivity index (χ4v) is 0.778. The number of hydrogen-bond acceptors (Lipinski definition) is 4. The van der Waals surface area contributed by atoms with Gasteiger partial charge >= 0.3 is 49.7 Å². The van der Waals surface area contributed by atoms with Gasteiger partial charge in [-0.1, -0.05) is 18.2 Å². The minimum atomic E-state index is -0.728. The van der Waals surface area contributed by atoms with Gasteiger partial charge in [0.05, 0.1) is 12.1 Å². The maximum Gasteiger partial charge on any atom is 2.00 e. The largest absolute Gasteiger partial charge is 2.00 e. The van der Waals surface area contributed by atoms with E-state index < -0.39 is 11.9 Å². The molecule has 72 valence electrons. The molecule has 2 N–H and O–H groups in total. The van der Waals surface area contributed by atoms with Crippen molar-refractivity contribution in [2.24, 2.45) is 5.73 Å². The van der Waals surface area contributed by atoms with Crippen molar-refractivity contribution in [3.05, 3.63) is 35.9 Å². The van der Waals surface area contributed by atoms with Crippen molar-refractivity contribution in [1.29, 1.82) is 0 Å². The van der Waals surface area contributed by atoms with E-state index in [1.165, 1.54) is 0 Å². The molecule has 0 radical (unpaired) electrons. The molecule has 0 spiro atoms. The number of ether oxygens (including phenoxy) is 1. The second-order valence-corrected chi connectivity index (χ2v) is 2.33. The second kappa shape index (κ2) is 6.95. The fraction of sp³-hybridized carbons (Fsp3) is 0.111. The predicted octanol–water partition coefficient (Wildman–Crippen LogP) is 0.173. The normalized spacial score (nSPS) is 8.64. The first-order valence-electron chi connectivity index (χ1n) is 3.74. The quantitative estimate of drug-likeness (QED) is 0.439. The SMILES string of the molecule is NCC(=O)OC(=O)c1ccccc1.[Ca+2].[H-].[H-]. The molecule has 1 aromatic carbocycles. The third-order valence-corrected chi connectivity index (χ3v) is 1.38. The van der Waals surface area contributed by atoms with Gasteiger partial charge in [0.25, 0.3) is 0 Å². The van der Waals surface area contributed by atoms with Crippen molar-refractivity contribution in [2.75, 3.05) is 6.54 Å². The van der Waals surface area contributed by atoms with Crippen LogP contribution in [0.4, 0.5) is 0 Å². The summed E-state index contributed by atoms with van der Waals surface area (Å²) in [6.45, 7) is -0.293. The molecular weight excluding hydrogens is 210 g/mol. The molecule has 0 bridgehead atoms. The van der Waals surface area contributed by atoms with E-state index in [0.717, 1.165) is 0 Å². The Hall–Kier alpha value is -0.420. The second-order valence-electron chi connectivity index (χ2n) is 2.33. The van der Waals surface area contributed by atoms with E-state index in [1.807, 2.05) is 0 Å². The molecule has 5 heteroatoms. The Labute approximate surface area is 114 Å². The van der Waals surface area contributed by atoms with Gasteiger partial charge in [0, 0.05) is 0 Å². The van der Waals surface area contributed by atoms with Crippen LogP contribution in [0.3, 0.4) is 0 Å². The Kier molecular flexibility index (Phi) is 6.74. The zero-order chi connectivity index (χ0) is 9.68. The molecular formula is C9H11CaNO3. The summed E-state index contributed by atoms with van der Waals surface area (Å²) in [4.78, 5) is 21.7. The van der Waals surface area contributed by atoms with E-state index in [2.05, 4.69) is 4.74 Å². The van der Waals surface area contributed by atoms with Gasteiger partial charge in [-0.15, -0.1) is 0 Å². The number of benzene rings is 1. The molecule has 4 nitrogen and oxygen atoms in total. The van der Waals surface area contributed by atoms with Crippen LogP contribution in [0.25, 0.3) is 0 Å². The van der Waals surface area contributed by atoms with Gasteiger partial charge in [-0.2, -0.15) is 0 Å². The predicted molar refractivity (Wildman–Crippen MR) is 53.9 cm³/mol. The van der Waals surface area contributed by atoms with Crippen molar-refractivity contribution < 1.29 is 17.2 Å². The molecule has 0 saturated heterocycles. The molecule has 0 aliphatic heterocycles. The first kappa shape index (κ1) is 13.6. The summed E-state index contributed by atoms with van der Waals surface area (Å²) in [6, 6.07) is 8.26. The Morgan fingerprint density at radius 1 is 1.29 bits per heavy atom. The van der Waals surface area contributed by atoms with Crippen LogP contribution in [0.15, 0.2) is 30.3 Å². The first-order chi connectivity index (χ1) is 6.24. The van der Waals surface area contributed by atoms with Crippen molar-refractivity contribution in [2.45, 2.75) is 0 Å². The third-order valence-electron chi connectivity index (χ3n) is 1.38. The topological polar surface area (TPSA) is 69.4 Å². The van der Waals surface area contributed by atoms with Gasteiger partial charge in [0.2, 0.25) is 0 Å². The summed E-state index contributed by atoms with van der Waals surface area (Å²) in [7, 11) is 0. The van der Waals surface area contributed by atoms with Gasteiger partial charge < -0.3 is 13.3 Å². The molecule has 0 fully saturated rings. The standard InChI is InChI=1S/C9H9NO3.Ca.2H/c10-6-8(11)13-9(12)7-4-2-1-3-5-7;;;/h1-5H,6,10H2;;;/q;+2;2*-1. The van der Waals surface area contributed by atoms with Crippen molar-refractivity contribution in [1.82, 2.24) is 0 Å². The summed E-state index contributed by atoms with van der Waals surface area (Å²) in [6.07, 6.45) is 0. The van der Waals surface area contributed by atoms with E-state index in [-0.39, 0.29) is 47.1 Å². The molecule has 14 heavy (non-hydrogen) atoms. The molecule has 0 atom stereocenters. The van der Waals surface area contributed by atoms with Gasteiger partial charge in [-0.25, -0.2) is 4.79 Å². The van der Waals surface area contributed by atoms with Crippen LogP contribution < -0.4 is 5.73 Å². The number of rotatable bonds is 2. The van der Waals surface area contributed by atoms with Gasteiger partial charge in [-0.3, -0.25) is 4.79 Å². The van der Waals surface area contributed by atoms with Crippen molar-refractivity contribution in [3.8, 4) is 0 Å². The Morgan fingerprint density at radius 3 is 2.36 bits per heavy atom. The van der Waals surface area contributed by atoms with Crippen LogP contribution in [0, 0.1) is 0 Å². The summed E-state index contributed by atoms with van der Waals surface area (Å²) in [5.41, 5.74) is 5.31. The Bertz CT molecular complexity index is 322. The minimum Gasteiger partial charge on any atom is -1.00 e. The Balaban J connectivity index is -0.000000563. The average Bonchev–Trinajstić information content (AvgIpc) is 2.19. The maximum absolute atomic E-state index is 11.1. The monoisotopic (exact) mass is 221 g/mol. The molecule has 1 rings (SSSR count). The molecule has 0 unspecified atom stereocenters. The zero-order valence-electron chi connectivity index (χ0n) is 9.60. The molecule has 1 aromatic rings. The van der Waals surface area contributed by atoms with E-state index in [1.54, 1.807) is 30.3 Å². The van der Waals surface area contributed by atoms with Crippen LogP contribution in [0.5, 0.6) is 0 Å². The fourth-order valence-electron chi connectivity index (χ4n) is 0.778. The molecule has 0 amide bonds. The summed E-state index contributed by atoms with van der Waals surface area (Å²) in [5.74, 6) is -1.40. The summed E-state index contributed by atoms with van der Waals surface area (Å²) in [5, 5.41) is 0. The van der Waals surface area contributed by atoms with Crippen LogP contribution >= 0.6 is 0 Å². The van der Waals surface area contributed by atoms with Crippen molar-refractivity contribution in [3.63, 3.8) is 0 Å². The number of esters is 2. The number of nitrogens with two attached hydrogens (primary N) is 1. The maximum atomic E-state index is 11.1. The van der Waals surface area contributed by atoms with Crippen LogP contribution in [0.2, 0.25) is 0 Å². The Morgan fingerprint density at radius 2 is 1.86 bits per heavy atom. The third kappa shape index (κ3) is 4.19. The molecule has 0 aliphatic carbocycles. The van der Waals surface area contributed by atoms with Gasteiger partial charge in [0.1, 0.15) is 0 Å². The number of carbonyl (C=O) groups is 2. The molecule has 0 aliphatic rings. The number of hydrogen-bond donors (Lipinski definition) is 1. The molecule has 0 saturated carbocycles. The van der Waals surface area contributed by atoms with Crippen LogP contribution in [-0.2, 0) is 9.53 Å². The summed E-state index contributed by atoms with van der Waals surface area (Å²) < 4.78 is 4.38. The minimum absolute atomic E-state index is 0. The summed E-state index contributed by atoms with van der Waals surface area (Å²) >= 11 is 0. The zero-order valence-corrected chi connectivity index (χ0v) is 9.81. The van der Waals surface area contributed by atoms with Crippen LogP contribution in [-0.4, -0.2) is 56.2 Å². The first-order valence-corrected chi connectivity index (χ1v) is 3.74. The van der Waals surface area contributed by atoms with Crippen LogP contribution in [0.1, 0.15) is 13.2 Å². The molecule has 0 aromatic heterocycles. The van der Waals surface area contributed by atoms with E-state index >= 15 is 0 Å². The van der Waals surface area contributed by atoms with Gasteiger partial charge in [-0.05, 0) is 12.1 Å². The number of carbonyl (C=O) groups excluding carboxylic acids is 2. The van der Waals surface area contributed by atoms with Crippen molar-refractivity contribution >= 4 is 49.7 Å².